The zero-order valence-electron chi connectivity index (χ0n) is 24.4. The zero-order chi connectivity index (χ0) is 30.7. The third-order valence-corrected chi connectivity index (χ3v) is 8.48. The molecule has 0 saturated carbocycles. The Bertz CT molecular complexity index is 1710. The second-order valence-corrected chi connectivity index (χ2v) is 11.5. The maximum atomic E-state index is 14.1. The number of aryl methyl sites for hydroxylation is 2. The monoisotopic (exact) mass is 598 g/mol. The minimum absolute atomic E-state index is 0.0104. The van der Waals surface area contributed by atoms with Crippen molar-refractivity contribution in [3.63, 3.8) is 0 Å². The molecule has 2 aromatic carbocycles. The molecule has 1 aliphatic rings. The number of amides is 2. The molecule has 0 aliphatic carbocycles. The Kier molecular flexibility index (Phi) is 8.89. The highest BCUT2D eigenvalue weighted by Gasteiger charge is 2.27. The summed E-state index contributed by atoms with van der Waals surface area (Å²) in [6.07, 6.45) is 2.41. The van der Waals surface area contributed by atoms with Crippen LogP contribution < -0.4 is 21.1 Å². The molecule has 222 valence electrons. The lowest BCUT2D eigenvalue weighted by Gasteiger charge is -2.18. The van der Waals surface area contributed by atoms with Gasteiger partial charge in [-0.05, 0) is 78.2 Å². The van der Waals surface area contributed by atoms with Gasteiger partial charge in [0.25, 0.3) is 11.8 Å². The fraction of sp³-hybridized carbons (Fsp3) is 0.273. The van der Waals surface area contributed by atoms with Crippen molar-refractivity contribution in [3.8, 4) is 27.3 Å². The molecule has 0 spiro atoms. The van der Waals surface area contributed by atoms with Crippen molar-refractivity contribution in [1.82, 2.24) is 10.3 Å². The van der Waals surface area contributed by atoms with Crippen LogP contribution in [0.5, 0.6) is 5.75 Å². The molecule has 5 rings (SSSR count). The first-order chi connectivity index (χ1) is 20.7. The largest absolute Gasteiger partial charge is 0.493 e. The van der Waals surface area contributed by atoms with E-state index in [0.29, 0.717) is 43.1 Å². The average Bonchev–Trinajstić information content (AvgIpc) is 3.39. The normalized spacial score (nSPS) is 12.0. The van der Waals surface area contributed by atoms with E-state index in [0.717, 1.165) is 45.5 Å². The van der Waals surface area contributed by atoms with Crippen LogP contribution in [-0.4, -0.2) is 41.0 Å². The molecule has 0 radical (unpaired) electrons. The first kappa shape index (κ1) is 29.9. The summed E-state index contributed by atoms with van der Waals surface area (Å²) in [6.45, 7) is 7.10. The number of aromatic carboxylic acids is 1. The van der Waals surface area contributed by atoms with Gasteiger partial charge in [-0.1, -0.05) is 25.5 Å². The average molecular weight is 599 g/mol. The first-order valence-electron chi connectivity index (χ1n) is 14.2. The Balaban J connectivity index is 1.66. The van der Waals surface area contributed by atoms with Crippen molar-refractivity contribution < 1.29 is 24.2 Å². The SMILES string of the molecule is CCCCNC(=O)c1ccc(-c2cc3c(cc2C(=O)Nc2c(C)cc(CN)cc2C)-c2sccc2CCO3)c(C(=O)O)n1. The topological polar surface area (TPSA) is 144 Å². The van der Waals surface area contributed by atoms with Gasteiger partial charge in [0.15, 0.2) is 5.69 Å². The zero-order valence-corrected chi connectivity index (χ0v) is 25.2. The van der Waals surface area contributed by atoms with Gasteiger partial charge < -0.3 is 26.2 Å². The van der Waals surface area contributed by atoms with E-state index in [1.54, 1.807) is 23.5 Å². The molecule has 4 aromatic rings. The first-order valence-corrected chi connectivity index (χ1v) is 15.1. The lowest BCUT2D eigenvalue weighted by Crippen LogP contribution is -2.26. The summed E-state index contributed by atoms with van der Waals surface area (Å²) < 4.78 is 6.12. The van der Waals surface area contributed by atoms with Crippen LogP contribution in [0.4, 0.5) is 5.69 Å². The quantitative estimate of drug-likeness (QED) is 0.174. The molecule has 1 aliphatic heterocycles. The van der Waals surface area contributed by atoms with Crippen molar-refractivity contribution in [3.05, 3.63) is 87.0 Å². The van der Waals surface area contributed by atoms with Crippen LogP contribution in [0.25, 0.3) is 21.6 Å². The van der Waals surface area contributed by atoms with E-state index in [-0.39, 0.29) is 22.5 Å². The number of carboxylic acids is 1. The van der Waals surface area contributed by atoms with Crippen LogP contribution in [0, 0.1) is 13.8 Å². The second kappa shape index (κ2) is 12.8. The molecule has 2 amide bonds. The lowest BCUT2D eigenvalue weighted by molar-refractivity contribution is 0.0691. The number of nitrogens with zero attached hydrogens (tertiary/aromatic N) is 1. The van der Waals surface area contributed by atoms with E-state index in [2.05, 4.69) is 21.7 Å². The van der Waals surface area contributed by atoms with E-state index < -0.39 is 17.8 Å². The molecule has 0 unspecified atom stereocenters. The fourth-order valence-corrected chi connectivity index (χ4v) is 6.29. The number of nitrogens with two attached hydrogens (primary N) is 1. The number of hydrogen-bond acceptors (Lipinski definition) is 7. The molecular formula is C33H34N4O5S. The standard InChI is InChI=1S/C33H34N4O5S/c1-4-5-10-35-32(39)26-7-6-22(29(36-26)33(40)41)23-16-27-25(30-21(8-11-42-27)9-12-43-30)15-24(23)31(38)37-28-18(2)13-20(17-34)14-19(28)3/h6-7,9,12-16H,4-5,8,10-11,17,34H2,1-3H3,(H,35,39)(H,37,38)(H,40,41). The Hall–Kier alpha value is -4.54. The molecule has 2 aromatic heterocycles. The van der Waals surface area contributed by atoms with Crippen molar-refractivity contribution in [2.75, 3.05) is 18.5 Å². The van der Waals surface area contributed by atoms with Crippen LogP contribution in [0.3, 0.4) is 0 Å². The van der Waals surface area contributed by atoms with E-state index in [1.165, 1.54) is 12.1 Å². The Morgan fingerprint density at radius 1 is 1.02 bits per heavy atom. The van der Waals surface area contributed by atoms with Gasteiger partial charge >= 0.3 is 5.97 Å². The molecule has 10 heteroatoms. The van der Waals surface area contributed by atoms with Crippen molar-refractivity contribution in [2.45, 2.75) is 46.6 Å². The van der Waals surface area contributed by atoms with Gasteiger partial charge in [-0.25, -0.2) is 9.78 Å². The van der Waals surface area contributed by atoms with Gasteiger partial charge in [-0.15, -0.1) is 11.3 Å². The number of carboxylic acid groups (broad SMARTS) is 1. The summed E-state index contributed by atoms with van der Waals surface area (Å²) in [5.41, 5.74) is 11.5. The van der Waals surface area contributed by atoms with Crippen LogP contribution in [0.2, 0.25) is 0 Å². The third kappa shape index (κ3) is 6.16. The number of aromatic nitrogens is 1. The molecule has 0 fully saturated rings. The maximum Gasteiger partial charge on any atom is 0.355 e. The Labute approximate surface area is 254 Å². The second-order valence-electron chi connectivity index (χ2n) is 10.5. The van der Waals surface area contributed by atoms with Gasteiger partial charge in [-0.3, -0.25) is 9.59 Å². The van der Waals surface area contributed by atoms with E-state index in [1.807, 2.05) is 38.3 Å². The molecule has 9 nitrogen and oxygen atoms in total. The predicted molar refractivity (Wildman–Crippen MR) is 168 cm³/mol. The lowest BCUT2D eigenvalue weighted by atomic mass is 9.93. The summed E-state index contributed by atoms with van der Waals surface area (Å²) in [6, 6.07) is 12.4. The highest BCUT2D eigenvalue weighted by molar-refractivity contribution is 7.13. The molecule has 3 heterocycles. The van der Waals surface area contributed by atoms with Crippen molar-refractivity contribution >= 4 is 34.8 Å². The molecular weight excluding hydrogens is 564 g/mol. The van der Waals surface area contributed by atoms with Crippen molar-refractivity contribution in [2.24, 2.45) is 5.73 Å². The van der Waals surface area contributed by atoms with Gasteiger partial charge in [0, 0.05) is 52.3 Å². The van der Waals surface area contributed by atoms with Crippen LogP contribution in [-0.2, 0) is 13.0 Å². The Morgan fingerprint density at radius 3 is 2.49 bits per heavy atom. The number of nitrogens with one attached hydrogen (secondary N) is 2. The third-order valence-electron chi connectivity index (χ3n) is 7.49. The van der Waals surface area contributed by atoms with Gasteiger partial charge in [-0.2, -0.15) is 0 Å². The summed E-state index contributed by atoms with van der Waals surface area (Å²) in [5.74, 6) is -1.64. The van der Waals surface area contributed by atoms with Crippen LogP contribution in [0.15, 0.2) is 47.8 Å². The summed E-state index contributed by atoms with van der Waals surface area (Å²) >= 11 is 1.56. The molecule has 43 heavy (non-hydrogen) atoms. The smallest absolute Gasteiger partial charge is 0.355 e. The van der Waals surface area contributed by atoms with Gasteiger partial charge in [0.2, 0.25) is 0 Å². The van der Waals surface area contributed by atoms with E-state index in [9.17, 15) is 19.5 Å². The minimum atomic E-state index is -1.31. The summed E-state index contributed by atoms with van der Waals surface area (Å²) in [4.78, 5) is 44.5. The number of unbranched alkanes of at least 4 members (excludes halogenated alkanes) is 1. The number of anilines is 1. The number of benzene rings is 2. The number of thiophene rings is 1. The van der Waals surface area contributed by atoms with Crippen LogP contribution in [0.1, 0.15) is 73.4 Å². The molecule has 0 atom stereocenters. The number of rotatable bonds is 9. The van der Waals surface area contributed by atoms with Crippen molar-refractivity contribution in [1.29, 1.82) is 0 Å². The number of ether oxygens (including phenoxy) is 1. The highest BCUT2D eigenvalue weighted by Crippen LogP contribution is 2.43. The predicted octanol–water partition coefficient (Wildman–Crippen LogP) is 5.97. The van der Waals surface area contributed by atoms with E-state index in [4.69, 9.17) is 10.5 Å². The number of hydrogen-bond donors (Lipinski definition) is 4. The van der Waals surface area contributed by atoms with Crippen LogP contribution >= 0.6 is 11.3 Å². The Morgan fingerprint density at radius 2 is 1.79 bits per heavy atom. The number of pyridine rings is 1. The molecule has 0 bridgehead atoms. The number of fused-ring (bicyclic) bond motifs is 3. The molecule has 5 N–H and O–H groups in total. The fourth-order valence-electron chi connectivity index (χ4n) is 5.31. The van der Waals surface area contributed by atoms with Gasteiger partial charge in [0.1, 0.15) is 11.4 Å². The van der Waals surface area contributed by atoms with E-state index >= 15 is 0 Å². The molecule has 0 saturated heterocycles. The summed E-state index contributed by atoms with van der Waals surface area (Å²) in [5, 5.41) is 18.0. The number of carbonyl (C=O) groups excluding carboxylic acids is 2. The van der Waals surface area contributed by atoms with Gasteiger partial charge in [0.05, 0.1) is 6.61 Å². The minimum Gasteiger partial charge on any atom is -0.493 e. The maximum absolute atomic E-state index is 14.1. The number of carbonyl (C=O) groups is 3. The highest BCUT2D eigenvalue weighted by atomic mass is 32.1. The summed E-state index contributed by atoms with van der Waals surface area (Å²) in [7, 11) is 0.